The fourth-order valence-corrected chi connectivity index (χ4v) is 3.94. The summed E-state index contributed by atoms with van der Waals surface area (Å²) in [6, 6.07) is 11.5. The van der Waals surface area contributed by atoms with Crippen LogP contribution in [-0.4, -0.2) is 28.5 Å². The lowest BCUT2D eigenvalue weighted by molar-refractivity contribution is 0.187. The molecule has 0 unspecified atom stereocenters. The Morgan fingerprint density at radius 2 is 1.96 bits per heavy atom. The van der Waals surface area contributed by atoms with Gasteiger partial charge in [-0.2, -0.15) is 0 Å². The van der Waals surface area contributed by atoms with Crippen LogP contribution in [0.2, 0.25) is 10.0 Å². The number of aromatic nitrogens is 1. The van der Waals surface area contributed by atoms with E-state index in [0.29, 0.717) is 29.6 Å². The zero-order valence-electron chi connectivity index (χ0n) is 15.3. The summed E-state index contributed by atoms with van der Waals surface area (Å²) in [5.41, 5.74) is 1.86. The van der Waals surface area contributed by atoms with Gasteiger partial charge in [-0.15, -0.1) is 0 Å². The molecule has 144 valence electrons. The third-order valence-corrected chi connectivity index (χ3v) is 5.55. The summed E-state index contributed by atoms with van der Waals surface area (Å²) in [6.45, 7) is 1.04. The maximum absolute atomic E-state index is 12.9. The van der Waals surface area contributed by atoms with E-state index in [9.17, 15) is 4.79 Å². The minimum absolute atomic E-state index is 0.0300. The van der Waals surface area contributed by atoms with Crippen LogP contribution in [0.4, 0.5) is 4.79 Å². The Labute approximate surface area is 170 Å². The zero-order chi connectivity index (χ0) is 19.1. The molecule has 27 heavy (non-hydrogen) atoms. The largest absolute Gasteiger partial charge is 0.335 e. The topological polar surface area (TPSA) is 45.2 Å². The van der Waals surface area contributed by atoms with E-state index in [1.807, 2.05) is 35.2 Å². The normalized spacial score (nSPS) is 14.7. The van der Waals surface area contributed by atoms with E-state index in [2.05, 4.69) is 10.3 Å². The Morgan fingerprint density at radius 3 is 2.67 bits per heavy atom. The van der Waals surface area contributed by atoms with E-state index in [-0.39, 0.29) is 12.1 Å². The second-order valence-electron chi connectivity index (χ2n) is 7.01. The van der Waals surface area contributed by atoms with Crippen molar-refractivity contribution in [1.82, 2.24) is 15.2 Å². The van der Waals surface area contributed by atoms with E-state index < -0.39 is 0 Å². The van der Waals surface area contributed by atoms with Crippen molar-refractivity contribution in [2.45, 2.75) is 51.1 Å². The first kappa shape index (κ1) is 20.0. The van der Waals surface area contributed by atoms with Gasteiger partial charge in [0.25, 0.3) is 0 Å². The number of benzene rings is 1. The molecular weight excluding hydrogens is 381 g/mol. The van der Waals surface area contributed by atoms with Crippen molar-refractivity contribution in [3.05, 3.63) is 63.9 Å². The molecule has 0 spiro atoms. The van der Waals surface area contributed by atoms with Crippen LogP contribution in [0, 0.1) is 0 Å². The molecule has 0 atom stereocenters. The summed E-state index contributed by atoms with van der Waals surface area (Å²) in [7, 11) is 0. The monoisotopic (exact) mass is 405 g/mol. The second kappa shape index (κ2) is 9.95. The van der Waals surface area contributed by atoms with Gasteiger partial charge in [0, 0.05) is 28.8 Å². The third kappa shape index (κ3) is 6.12. The fourth-order valence-electron chi connectivity index (χ4n) is 3.43. The quantitative estimate of drug-likeness (QED) is 0.691. The molecule has 0 bridgehead atoms. The Morgan fingerprint density at radius 1 is 1.15 bits per heavy atom. The van der Waals surface area contributed by atoms with Crippen molar-refractivity contribution >= 4 is 29.2 Å². The number of carbonyl (C=O) groups excluding carboxylic acids is 1. The van der Waals surface area contributed by atoms with E-state index in [4.69, 9.17) is 23.2 Å². The molecule has 1 N–H and O–H groups in total. The molecular formula is C21H25Cl2N3O. The number of urea groups is 1. The Bertz CT molecular complexity index is 748. The van der Waals surface area contributed by atoms with Gasteiger partial charge < -0.3 is 10.2 Å². The number of hydrogen-bond donors (Lipinski definition) is 1. The van der Waals surface area contributed by atoms with E-state index >= 15 is 0 Å². The summed E-state index contributed by atoms with van der Waals surface area (Å²) >= 11 is 12.3. The highest BCUT2D eigenvalue weighted by atomic mass is 35.5. The van der Waals surface area contributed by atoms with E-state index in [1.54, 1.807) is 12.3 Å². The van der Waals surface area contributed by atoms with Crippen LogP contribution in [0.25, 0.3) is 0 Å². The molecule has 1 aromatic heterocycles. The molecule has 1 aromatic carbocycles. The summed E-state index contributed by atoms with van der Waals surface area (Å²) in [5, 5.41) is 4.45. The van der Waals surface area contributed by atoms with Gasteiger partial charge >= 0.3 is 6.03 Å². The Kier molecular flexibility index (Phi) is 7.36. The lowest BCUT2D eigenvalue weighted by atomic mass is 9.96. The van der Waals surface area contributed by atoms with Gasteiger partial charge in [0.15, 0.2) is 0 Å². The maximum atomic E-state index is 12.9. The molecule has 1 heterocycles. The summed E-state index contributed by atoms with van der Waals surface area (Å²) in [4.78, 5) is 19.1. The van der Waals surface area contributed by atoms with Crippen LogP contribution < -0.4 is 5.32 Å². The molecule has 3 rings (SSSR count). The standard InChI is InChI=1S/C21H25Cl2N3O/c22-17-10-9-16(20(23)14-17)11-13-26(15-19-8-4-5-12-24-19)21(27)25-18-6-2-1-3-7-18/h4-5,8-10,12,14,18H,1-3,6-7,11,13,15H2,(H,25,27). The number of nitrogens with zero attached hydrogens (tertiary/aromatic N) is 2. The SMILES string of the molecule is O=C(NC1CCCCC1)N(CCc1ccc(Cl)cc1Cl)Cc1ccccn1. The molecule has 2 amide bonds. The van der Waals surface area contributed by atoms with Gasteiger partial charge in [0.1, 0.15) is 0 Å². The van der Waals surface area contributed by atoms with Crippen molar-refractivity contribution in [2.24, 2.45) is 0 Å². The van der Waals surface area contributed by atoms with Crippen molar-refractivity contribution in [2.75, 3.05) is 6.54 Å². The van der Waals surface area contributed by atoms with Gasteiger partial charge in [0.05, 0.1) is 12.2 Å². The number of amides is 2. The number of halogens is 2. The van der Waals surface area contributed by atoms with Gasteiger partial charge in [-0.25, -0.2) is 4.79 Å². The molecule has 1 saturated carbocycles. The van der Waals surface area contributed by atoms with Crippen LogP contribution in [0.1, 0.15) is 43.4 Å². The van der Waals surface area contributed by atoms with Crippen molar-refractivity contribution in [3.63, 3.8) is 0 Å². The van der Waals surface area contributed by atoms with Crippen molar-refractivity contribution in [1.29, 1.82) is 0 Å². The molecule has 1 aliphatic rings. The number of hydrogen-bond acceptors (Lipinski definition) is 2. The Hall–Kier alpha value is -1.78. The van der Waals surface area contributed by atoms with Crippen LogP contribution in [0.15, 0.2) is 42.6 Å². The van der Waals surface area contributed by atoms with Crippen LogP contribution in [0.3, 0.4) is 0 Å². The van der Waals surface area contributed by atoms with Crippen molar-refractivity contribution < 1.29 is 4.79 Å². The molecule has 1 fully saturated rings. The van der Waals surface area contributed by atoms with Gasteiger partial charge in [-0.1, -0.05) is 54.6 Å². The predicted molar refractivity (Wildman–Crippen MR) is 110 cm³/mol. The molecule has 6 heteroatoms. The first-order valence-electron chi connectivity index (χ1n) is 9.51. The highest BCUT2D eigenvalue weighted by Crippen LogP contribution is 2.22. The number of rotatable bonds is 6. The third-order valence-electron chi connectivity index (χ3n) is 4.97. The molecule has 0 aliphatic heterocycles. The summed E-state index contributed by atoms with van der Waals surface area (Å²) < 4.78 is 0. The second-order valence-corrected chi connectivity index (χ2v) is 7.86. The average Bonchev–Trinajstić information content (AvgIpc) is 2.68. The fraction of sp³-hybridized carbons (Fsp3) is 0.429. The van der Waals surface area contributed by atoms with Crippen LogP contribution in [0.5, 0.6) is 0 Å². The Balaban J connectivity index is 1.67. The number of nitrogens with one attached hydrogen (secondary N) is 1. The highest BCUT2D eigenvalue weighted by Gasteiger charge is 2.20. The molecule has 1 aliphatic carbocycles. The van der Waals surface area contributed by atoms with Gasteiger partial charge in [-0.3, -0.25) is 4.98 Å². The summed E-state index contributed by atoms with van der Waals surface area (Å²) in [6.07, 6.45) is 8.18. The minimum Gasteiger partial charge on any atom is -0.335 e. The first-order chi connectivity index (χ1) is 13.1. The highest BCUT2D eigenvalue weighted by molar-refractivity contribution is 6.35. The molecule has 2 aromatic rings. The van der Waals surface area contributed by atoms with Crippen molar-refractivity contribution in [3.8, 4) is 0 Å². The zero-order valence-corrected chi connectivity index (χ0v) is 16.8. The van der Waals surface area contributed by atoms with Crippen LogP contribution in [-0.2, 0) is 13.0 Å². The smallest absolute Gasteiger partial charge is 0.317 e. The number of pyridine rings is 1. The maximum Gasteiger partial charge on any atom is 0.317 e. The minimum atomic E-state index is -0.0300. The predicted octanol–water partition coefficient (Wildman–Crippen LogP) is 5.48. The van der Waals surface area contributed by atoms with E-state index in [1.165, 1.54) is 19.3 Å². The lowest BCUT2D eigenvalue weighted by Crippen LogP contribution is -2.46. The van der Waals surface area contributed by atoms with Gasteiger partial charge in [0.2, 0.25) is 0 Å². The summed E-state index contributed by atoms with van der Waals surface area (Å²) in [5.74, 6) is 0. The van der Waals surface area contributed by atoms with E-state index in [0.717, 1.165) is 24.1 Å². The molecule has 4 nitrogen and oxygen atoms in total. The molecule has 0 saturated heterocycles. The average molecular weight is 406 g/mol. The first-order valence-corrected chi connectivity index (χ1v) is 10.3. The van der Waals surface area contributed by atoms with Gasteiger partial charge in [-0.05, 0) is 49.1 Å². The molecule has 0 radical (unpaired) electrons. The van der Waals surface area contributed by atoms with Crippen LogP contribution >= 0.6 is 23.2 Å². The number of carbonyl (C=O) groups is 1. The lowest BCUT2D eigenvalue weighted by Gasteiger charge is -2.28.